The third kappa shape index (κ3) is 4.07. The summed E-state index contributed by atoms with van der Waals surface area (Å²) in [4.78, 5) is 17.6. The van der Waals surface area contributed by atoms with E-state index in [-0.39, 0.29) is 6.42 Å². The number of anilines is 1. The molecule has 0 spiro atoms. The van der Waals surface area contributed by atoms with Crippen LogP contribution in [0.2, 0.25) is 0 Å². The number of hydrogen-bond donors (Lipinski definition) is 1. The van der Waals surface area contributed by atoms with Crippen molar-refractivity contribution in [3.8, 4) is 0 Å². The molecule has 1 N–H and O–H groups in total. The molecule has 7 heteroatoms. The number of carbonyl (C=O) groups is 1. The second-order valence-corrected chi connectivity index (χ2v) is 8.05. The largest absolute Gasteiger partial charge is 0.323 e. The summed E-state index contributed by atoms with van der Waals surface area (Å²) in [7, 11) is 0. The van der Waals surface area contributed by atoms with Crippen molar-refractivity contribution in [3.63, 3.8) is 0 Å². The van der Waals surface area contributed by atoms with Crippen LogP contribution in [0.1, 0.15) is 21.1 Å². The molecule has 3 aromatic carbocycles. The minimum atomic E-state index is -1.61. The van der Waals surface area contributed by atoms with E-state index in [4.69, 9.17) is 0 Å². The van der Waals surface area contributed by atoms with Gasteiger partial charge in [-0.1, -0.05) is 42.5 Å². The normalized spacial score (nSPS) is 11.1. The van der Waals surface area contributed by atoms with Gasteiger partial charge in [0.1, 0.15) is 0 Å². The van der Waals surface area contributed by atoms with Crippen molar-refractivity contribution in [1.82, 2.24) is 4.98 Å². The number of aryl methyl sites for hydroxylation is 1. The van der Waals surface area contributed by atoms with E-state index in [0.717, 1.165) is 44.0 Å². The Morgan fingerprint density at radius 2 is 1.77 bits per heavy atom. The molecule has 0 radical (unpaired) electrons. The standard InChI is InChI=1S/C23H17F3N2OS/c1-13-19(12-20(29)28-18-10-9-17(24)22(25)23(18)26)30-21(27-13)11-15-7-4-6-14-5-2-3-8-16(14)15/h2-10H,11-12H2,1H3,(H,28,29). The van der Waals surface area contributed by atoms with Gasteiger partial charge in [-0.15, -0.1) is 11.3 Å². The van der Waals surface area contributed by atoms with Crippen LogP contribution in [-0.2, 0) is 17.6 Å². The predicted octanol–water partition coefficient (Wildman–Crippen LogP) is 5.79. The topological polar surface area (TPSA) is 42.0 Å². The summed E-state index contributed by atoms with van der Waals surface area (Å²) >= 11 is 1.41. The lowest BCUT2D eigenvalue weighted by atomic mass is 10.0. The van der Waals surface area contributed by atoms with Crippen LogP contribution in [0.4, 0.5) is 18.9 Å². The van der Waals surface area contributed by atoms with Crippen LogP contribution in [0.5, 0.6) is 0 Å². The number of nitrogens with zero attached hydrogens (tertiary/aromatic N) is 1. The van der Waals surface area contributed by atoms with Crippen LogP contribution in [0, 0.1) is 24.4 Å². The summed E-state index contributed by atoms with van der Waals surface area (Å²) < 4.78 is 40.2. The van der Waals surface area contributed by atoms with E-state index in [9.17, 15) is 18.0 Å². The van der Waals surface area contributed by atoms with Gasteiger partial charge in [0.15, 0.2) is 17.5 Å². The first-order chi connectivity index (χ1) is 14.4. The lowest BCUT2D eigenvalue weighted by Gasteiger charge is -2.07. The molecule has 0 unspecified atom stereocenters. The van der Waals surface area contributed by atoms with E-state index >= 15 is 0 Å². The van der Waals surface area contributed by atoms with Gasteiger partial charge in [0.25, 0.3) is 0 Å². The fourth-order valence-corrected chi connectivity index (χ4v) is 4.39. The van der Waals surface area contributed by atoms with Crippen molar-refractivity contribution in [1.29, 1.82) is 0 Å². The molecule has 3 nitrogen and oxygen atoms in total. The molecule has 1 aromatic heterocycles. The number of thiazole rings is 1. The molecule has 0 fully saturated rings. The maximum atomic E-state index is 13.8. The summed E-state index contributed by atoms with van der Waals surface area (Å²) in [6.45, 7) is 1.81. The number of aromatic nitrogens is 1. The Bertz CT molecular complexity index is 1250. The first-order valence-corrected chi connectivity index (χ1v) is 10.1. The molecular weight excluding hydrogens is 409 g/mol. The smallest absolute Gasteiger partial charge is 0.229 e. The second-order valence-electron chi connectivity index (χ2n) is 6.88. The molecule has 0 aliphatic carbocycles. The van der Waals surface area contributed by atoms with Gasteiger partial charge in [-0.05, 0) is 35.4 Å². The van der Waals surface area contributed by atoms with Crippen LogP contribution in [0.15, 0.2) is 54.6 Å². The van der Waals surface area contributed by atoms with E-state index in [2.05, 4.69) is 34.6 Å². The van der Waals surface area contributed by atoms with Crippen LogP contribution in [0.25, 0.3) is 10.8 Å². The quantitative estimate of drug-likeness (QED) is 0.410. The third-order valence-electron chi connectivity index (χ3n) is 4.79. The SMILES string of the molecule is Cc1nc(Cc2cccc3ccccc23)sc1CC(=O)Nc1ccc(F)c(F)c1F. The second kappa shape index (κ2) is 8.28. The minimum absolute atomic E-state index is 0.0303. The molecule has 0 atom stereocenters. The van der Waals surface area contributed by atoms with Crippen molar-refractivity contribution < 1.29 is 18.0 Å². The molecule has 0 saturated heterocycles. The maximum Gasteiger partial charge on any atom is 0.229 e. The number of hydrogen-bond acceptors (Lipinski definition) is 3. The molecule has 1 heterocycles. The fraction of sp³-hybridized carbons (Fsp3) is 0.130. The van der Waals surface area contributed by atoms with Crippen LogP contribution in [0.3, 0.4) is 0 Å². The zero-order chi connectivity index (χ0) is 21.3. The van der Waals surface area contributed by atoms with Gasteiger partial charge in [0, 0.05) is 11.3 Å². The summed E-state index contributed by atoms with van der Waals surface area (Å²) in [5, 5.41) is 5.46. The van der Waals surface area contributed by atoms with Crippen molar-refractivity contribution in [2.75, 3.05) is 5.32 Å². The Hall–Kier alpha value is -3.19. The highest BCUT2D eigenvalue weighted by atomic mass is 32.1. The molecule has 1 amide bonds. The fourth-order valence-electron chi connectivity index (χ4n) is 3.30. The molecule has 152 valence electrons. The molecule has 0 saturated carbocycles. The predicted molar refractivity (Wildman–Crippen MR) is 112 cm³/mol. The van der Waals surface area contributed by atoms with Crippen LogP contribution in [-0.4, -0.2) is 10.9 Å². The molecule has 0 bridgehead atoms. The number of halogens is 3. The van der Waals surface area contributed by atoms with E-state index in [1.165, 1.54) is 11.3 Å². The Labute approximate surface area is 175 Å². The van der Waals surface area contributed by atoms with Gasteiger partial charge >= 0.3 is 0 Å². The number of carbonyl (C=O) groups excluding carboxylic acids is 1. The monoisotopic (exact) mass is 426 g/mol. The number of nitrogens with one attached hydrogen (secondary N) is 1. The highest BCUT2D eigenvalue weighted by molar-refractivity contribution is 7.11. The number of fused-ring (bicyclic) bond motifs is 1. The highest BCUT2D eigenvalue weighted by Gasteiger charge is 2.17. The molecule has 0 aliphatic rings. The van der Waals surface area contributed by atoms with Gasteiger partial charge in [-0.3, -0.25) is 4.79 Å². The van der Waals surface area contributed by atoms with Crippen molar-refractivity contribution in [2.24, 2.45) is 0 Å². The zero-order valence-corrected chi connectivity index (χ0v) is 16.8. The van der Waals surface area contributed by atoms with Crippen molar-refractivity contribution in [2.45, 2.75) is 19.8 Å². The molecule has 30 heavy (non-hydrogen) atoms. The van der Waals surface area contributed by atoms with Gasteiger partial charge in [-0.25, -0.2) is 18.2 Å². The average Bonchev–Trinajstić information content (AvgIpc) is 3.07. The Morgan fingerprint density at radius 3 is 2.60 bits per heavy atom. The number of benzene rings is 3. The van der Waals surface area contributed by atoms with Gasteiger partial charge in [0.2, 0.25) is 5.91 Å². The van der Waals surface area contributed by atoms with Gasteiger partial charge in [0.05, 0.1) is 22.8 Å². The lowest BCUT2D eigenvalue weighted by Crippen LogP contribution is -2.16. The summed E-state index contributed by atoms with van der Waals surface area (Å²) in [5.74, 6) is -4.86. The zero-order valence-electron chi connectivity index (χ0n) is 16.0. The van der Waals surface area contributed by atoms with E-state index in [1.807, 2.05) is 25.1 Å². The van der Waals surface area contributed by atoms with Gasteiger partial charge in [-0.2, -0.15) is 0 Å². The first-order valence-electron chi connectivity index (χ1n) is 9.27. The van der Waals surface area contributed by atoms with Crippen LogP contribution >= 0.6 is 11.3 Å². The molecule has 0 aliphatic heterocycles. The maximum absolute atomic E-state index is 13.8. The molecular formula is C23H17F3N2OS. The van der Waals surface area contributed by atoms with E-state index < -0.39 is 29.0 Å². The Balaban J connectivity index is 1.50. The lowest BCUT2D eigenvalue weighted by molar-refractivity contribution is -0.115. The summed E-state index contributed by atoms with van der Waals surface area (Å²) in [6, 6.07) is 16.0. The summed E-state index contributed by atoms with van der Waals surface area (Å²) in [6.07, 6.45) is 0.601. The average molecular weight is 426 g/mol. The Kier molecular flexibility index (Phi) is 5.55. The number of amides is 1. The molecule has 4 aromatic rings. The Morgan fingerprint density at radius 1 is 1.00 bits per heavy atom. The van der Waals surface area contributed by atoms with Crippen LogP contribution < -0.4 is 5.32 Å². The number of rotatable bonds is 5. The van der Waals surface area contributed by atoms with E-state index in [1.54, 1.807) is 0 Å². The first kappa shape index (κ1) is 20.1. The van der Waals surface area contributed by atoms with Crippen molar-refractivity contribution >= 4 is 33.7 Å². The third-order valence-corrected chi connectivity index (χ3v) is 5.95. The highest BCUT2D eigenvalue weighted by Crippen LogP contribution is 2.26. The van der Waals surface area contributed by atoms with E-state index in [0.29, 0.717) is 6.42 Å². The van der Waals surface area contributed by atoms with Crippen molar-refractivity contribution in [3.05, 3.63) is 93.2 Å². The van der Waals surface area contributed by atoms with Gasteiger partial charge < -0.3 is 5.32 Å². The summed E-state index contributed by atoms with van der Waals surface area (Å²) in [5.41, 5.74) is 1.47. The minimum Gasteiger partial charge on any atom is -0.323 e. The molecule has 4 rings (SSSR count).